The van der Waals surface area contributed by atoms with Gasteiger partial charge in [-0.3, -0.25) is 4.79 Å². The number of allylic oxidation sites excluding steroid dienone is 7. The number of hydrogen-bond donors (Lipinski definition) is 0. The van der Waals surface area contributed by atoms with Gasteiger partial charge in [0.2, 0.25) is 11.6 Å². The molecule has 56 heavy (non-hydrogen) atoms. The quantitative estimate of drug-likeness (QED) is 0.143. The second-order valence-corrected chi connectivity index (χ2v) is 17.2. The third-order valence-corrected chi connectivity index (χ3v) is 13.8. The lowest BCUT2D eigenvalue weighted by Crippen LogP contribution is -2.44. The smallest absolute Gasteiger partial charge is 0.233 e. The molecule has 1 amide bonds. The molecule has 4 aromatic rings. The van der Waals surface area contributed by atoms with Crippen LogP contribution in [-0.4, -0.2) is 40.7 Å². The molecule has 4 heteroatoms. The molecule has 0 spiro atoms. The fraction of sp³-hybridized carbons (Fsp3) is 0.423. The molecule has 4 aromatic carbocycles. The third-order valence-electron chi connectivity index (χ3n) is 13.8. The van der Waals surface area contributed by atoms with Gasteiger partial charge in [-0.2, -0.15) is 4.58 Å². The summed E-state index contributed by atoms with van der Waals surface area (Å²) in [6, 6.07) is 26.8. The van der Waals surface area contributed by atoms with Crippen LogP contribution in [-0.2, 0) is 15.6 Å². The minimum absolute atomic E-state index is 0.180. The van der Waals surface area contributed by atoms with Crippen LogP contribution in [0.4, 0.5) is 11.4 Å². The first kappa shape index (κ1) is 39.5. The van der Waals surface area contributed by atoms with Crippen molar-refractivity contribution < 1.29 is 9.37 Å². The molecule has 1 aliphatic carbocycles. The van der Waals surface area contributed by atoms with Crippen LogP contribution in [0.15, 0.2) is 120 Å². The number of rotatable bonds is 11. The van der Waals surface area contributed by atoms with E-state index in [1.54, 1.807) is 0 Å². The van der Waals surface area contributed by atoms with E-state index in [-0.39, 0.29) is 22.2 Å². The highest BCUT2D eigenvalue weighted by Crippen LogP contribution is 2.51. The number of anilines is 1. The van der Waals surface area contributed by atoms with Crippen molar-refractivity contribution in [1.29, 1.82) is 0 Å². The first-order valence-electron chi connectivity index (χ1n) is 21.6. The van der Waals surface area contributed by atoms with Crippen molar-refractivity contribution in [3.63, 3.8) is 0 Å². The van der Waals surface area contributed by atoms with Crippen LogP contribution in [0.2, 0.25) is 0 Å². The zero-order chi connectivity index (χ0) is 40.0. The van der Waals surface area contributed by atoms with Gasteiger partial charge in [0.05, 0.1) is 5.41 Å². The number of benzene rings is 4. The summed E-state index contributed by atoms with van der Waals surface area (Å²) in [6.07, 6.45) is 15.0. The molecule has 0 N–H and O–H groups in total. The Kier molecular flexibility index (Phi) is 10.8. The van der Waals surface area contributed by atoms with Crippen LogP contribution in [0.25, 0.3) is 21.5 Å². The maximum Gasteiger partial charge on any atom is 0.233 e. The molecule has 0 aromatic heterocycles. The first-order chi connectivity index (χ1) is 26.9. The molecule has 0 radical (unpaired) electrons. The van der Waals surface area contributed by atoms with Crippen molar-refractivity contribution in [2.45, 2.75) is 119 Å². The van der Waals surface area contributed by atoms with Crippen molar-refractivity contribution in [1.82, 2.24) is 4.90 Å². The van der Waals surface area contributed by atoms with Crippen LogP contribution >= 0.6 is 0 Å². The number of fused-ring (bicyclic) bond motifs is 6. The summed E-state index contributed by atoms with van der Waals surface area (Å²) < 4.78 is 2.50. The van der Waals surface area contributed by atoms with Gasteiger partial charge in [-0.15, -0.1) is 0 Å². The molecule has 292 valence electrons. The van der Waals surface area contributed by atoms with Crippen molar-refractivity contribution >= 4 is 44.5 Å². The van der Waals surface area contributed by atoms with E-state index in [9.17, 15) is 4.79 Å². The predicted octanol–water partition coefficient (Wildman–Crippen LogP) is 13.1. The summed E-state index contributed by atoms with van der Waals surface area (Å²) >= 11 is 0. The van der Waals surface area contributed by atoms with Gasteiger partial charge < -0.3 is 9.80 Å². The van der Waals surface area contributed by atoms with E-state index in [1.165, 1.54) is 66.6 Å². The molecule has 0 saturated carbocycles. The summed E-state index contributed by atoms with van der Waals surface area (Å²) in [6.45, 7) is 25.2. The van der Waals surface area contributed by atoms with E-state index >= 15 is 0 Å². The van der Waals surface area contributed by atoms with Crippen LogP contribution in [0, 0.1) is 5.41 Å². The maximum atomic E-state index is 15.0. The van der Waals surface area contributed by atoms with Crippen molar-refractivity contribution in [2.75, 3.05) is 24.5 Å². The van der Waals surface area contributed by atoms with Gasteiger partial charge in [0, 0.05) is 58.7 Å². The Labute approximate surface area is 337 Å². The summed E-state index contributed by atoms with van der Waals surface area (Å²) in [7, 11) is 0. The second-order valence-electron chi connectivity index (χ2n) is 17.2. The molecule has 0 atom stereocenters. The van der Waals surface area contributed by atoms with E-state index in [0.717, 1.165) is 57.3 Å². The second kappa shape index (κ2) is 15.3. The van der Waals surface area contributed by atoms with Crippen LogP contribution in [0.5, 0.6) is 0 Å². The van der Waals surface area contributed by atoms with Gasteiger partial charge in [-0.05, 0) is 130 Å². The highest BCUT2D eigenvalue weighted by Gasteiger charge is 2.46. The summed E-state index contributed by atoms with van der Waals surface area (Å²) in [4.78, 5) is 19.6. The predicted molar refractivity (Wildman–Crippen MR) is 239 cm³/mol. The van der Waals surface area contributed by atoms with E-state index in [0.29, 0.717) is 6.54 Å². The largest absolute Gasteiger partial charge is 0.344 e. The fourth-order valence-corrected chi connectivity index (χ4v) is 10.6. The SMILES string of the molecule is CCN(C(=O)C(CC)(CC)CC)C1=C(/C=C/C2=[N+](CC)c3ccc4ccccc4c3C2(C)C)CCC/C1=C\C=C1\N(CC)c2ccc3ccccc3c2C1(C)C. The Morgan fingerprint density at radius 1 is 0.750 bits per heavy atom. The van der Waals surface area contributed by atoms with E-state index in [2.05, 4.69) is 181 Å². The number of hydrogen-bond acceptors (Lipinski definition) is 2. The molecule has 4 nitrogen and oxygen atoms in total. The average Bonchev–Trinajstić information content (AvgIpc) is 3.58. The summed E-state index contributed by atoms with van der Waals surface area (Å²) in [5, 5.41) is 5.23. The minimum Gasteiger partial charge on any atom is -0.344 e. The van der Waals surface area contributed by atoms with Crippen molar-refractivity contribution in [3.05, 3.63) is 131 Å². The number of carbonyl (C=O) groups excluding carboxylic acids is 1. The molecule has 0 fully saturated rings. The zero-order valence-electron chi connectivity index (χ0n) is 35.9. The molecule has 2 aliphatic heterocycles. The van der Waals surface area contributed by atoms with Crippen molar-refractivity contribution in [3.8, 4) is 0 Å². The van der Waals surface area contributed by atoms with Gasteiger partial charge in [0.1, 0.15) is 6.54 Å². The number of amides is 1. The molecule has 0 unspecified atom stereocenters. The number of carbonyl (C=O) groups is 1. The Hall–Kier alpha value is -4.70. The lowest BCUT2D eigenvalue weighted by molar-refractivity contribution is -0.433. The highest BCUT2D eigenvalue weighted by atomic mass is 16.2. The maximum absolute atomic E-state index is 15.0. The minimum atomic E-state index is -0.377. The van der Waals surface area contributed by atoms with E-state index < -0.39 is 0 Å². The molecular formula is C52H64N3O+. The van der Waals surface area contributed by atoms with Gasteiger partial charge in [0.15, 0.2) is 5.71 Å². The lowest BCUT2D eigenvalue weighted by atomic mass is 9.77. The topological polar surface area (TPSA) is 26.6 Å². The van der Waals surface area contributed by atoms with Crippen LogP contribution in [0.1, 0.15) is 119 Å². The molecule has 2 heterocycles. The Morgan fingerprint density at radius 2 is 1.38 bits per heavy atom. The Bertz CT molecular complexity index is 2330. The molecular weight excluding hydrogens is 683 g/mol. The van der Waals surface area contributed by atoms with Crippen LogP contribution in [0.3, 0.4) is 0 Å². The summed E-state index contributed by atoms with van der Waals surface area (Å²) in [5.74, 6) is 0.270. The van der Waals surface area contributed by atoms with E-state index in [4.69, 9.17) is 0 Å². The number of likely N-dealkylation sites (N-methyl/N-ethyl adjacent to an activating group) is 2. The molecule has 0 bridgehead atoms. The van der Waals surface area contributed by atoms with Gasteiger partial charge >= 0.3 is 0 Å². The molecule has 7 rings (SSSR count). The van der Waals surface area contributed by atoms with Gasteiger partial charge in [-0.1, -0.05) is 101 Å². The first-order valence-corrected chi connectivity index (χ1v) is 21.6. The molecule has 3 aliphatic rings. The lowest BCUT2D eigenvalue weighted by Gasteiger charge is -2.39. The highest BCUT2D eigenvalue weighted by molar-refractivity contribution is 6.08. The third kappa shape index (κ3) is 6.19. The Balaban J connectivity index is 1.39. The van der Waals surface area contributed by atoms with E-state index in [1.807, 2.05) is 0 Å². The average molecular weight is 747 g/mol. The monoisotopic (exact) mass is 747 g/mol. The Morgan fingerprint density at radius 3 is 1.98 bits per heavy atom. The van der Waals surface area contributed by atoms with Crippen molar-refractivity contribution in [2.24, 2.45) is 5.41 Å². The number of nitrogens with zero attached hydrogens (tertiary/aromatic N) is 3. The standard InChI is InChI=1S/C52H64N3O/c1-11-52(12-2,13-3)49(56)55(16-6)48-38(30-34-44-50(7,8)46-40-26-19-17-22-36(40)28-32-42(46)53(44)14-4)24-21-25-39(48)31-35-45-51(9,10)47-41-27-20-18-23-37(41)29-33-43(47)54(45)15-5/h17-20,22-23,26-35H,11-16,21,24-25H2,1-10H3/q+1. The zero-order valence-corrected chi connectivity index (χ0v) is 35.9. The van der Waals surface area contributed by atoms with Gasteiger partial charge in [0.25, 0.3) is 0 Å². The van der Waals surface area contributed by atoms with Gasteiger partial charge in [-0.25, -0.2) is 0 Å². The normalized spacial score (nSPS) is 19.3. The van der Waals surface area contributed by atoms with Crippen LogP contribution < -0.4 is 4.90 Å². The fourth-order valence-electron chi connectivity index (χ4n) is 10.6. The summed E-state index contributed by atoms with van der Waals surface area (Å²) in [5.41, 5.74) is 11.0. The molecule has 0 saturated heterocycles.